The predicted octanol–water partition coefficient (Wildman–Crippen LogP) is 9.08. The normalized spacial score (nSPS) is 22.2. The first kappa shape index (κ1) is 46.9. The van der Waals surface area contributed by atoms with Gasteiger partial charge in [0.15, 0.2) is 5.82 Å². The summed E-state index contributed by atoms with van der Waals surface area (Å²) < 4.78 is 53.6. The lowest BCUT2D eigenvalue weighted by atomic mass is 9.82. The molecule has 9 rings (SSSR count). The number of hydrogen-bond donors (Lipinski definition) is 1. The summed E-state index contributed by atoms with van der Waals surface area (Å²) >= 11 is 12.8. The molecule has 4 aromatic rings. The number of fused-ring (bicyclic) bond motifs is 6. The number of carbonyl (C=O) groups is 4. The van der Waals surface area contributed by atoms with Crippen LogP contribution in [0.15, 0.2) is 54.2 Å². The first-order chi connectivity index (χ1) is 32.2. The van der Waals surface area contributed by atoms with E-state index in [0.717, 1.165) is 82.1 Å². The van der Waals surface area contributed by atoms with Gasteiger partial charge in [-0.2, -0.15) is 0 Å². The van der Waals surface area contributed by atoms with Gasteiger partial charge in [0.2, 0.25) is 11.8 Å². The highest BCUT2D eigenvalue weighted by Gasteiger charge is 2.45. The lowest BCUT2D eigenvalue weighted by Crippen LogP contribution is -2.65. The second-order valence-electron chi connectivity index (χ2n) is 18.9. The van der Waals surface area contributed by atoms with Gasteiger partial charge in [0.25, 0.3) is 11.8 Å². The zero-order valence-electron chi connectivity index (χ0n) is 37.8. The number of likely N-dealkylation sites (N-methyl/N-ethyl adjacent to an activating group) is 1. The van der Waals surface area contributed by atoms with Gasteiger partial charge in [0.05, 0.1) is 46.3 Å². The Labute approximate surface area is 398 Å². The topological polar surface area (TPSA) is 115 Å². The molecule has 0 spiro atoms. The summed E-state index contributed by atoms with van der Waals surface area (Å²) in [6.07, 6.45) is 10.4. The molecule has 3 aromatic carbocycles. The molecule has 0 radical (unpaired) electrons. The molecule has 3 saturated heterocycles. The molecule has 5 aliphatic rings. The van der Waals surface area contributed by atoms with Crippen molar-refractivity contribution in [3.05, 3.63) is 93.4 Å². The number of aromatic nitrogens is 1. The number of rotatable bonds is 13. The van der Waals surface area contributed by atoms with Crippen molar-refractivity contribution >= 4 is 69.1 Å². The number of halogens is 5. The first-order valence-corrected chi connectivity index (χ1v) is 24.2. The standard InChI is InChI=1S/C51H55Cl2F3N6O5/c1-28-26-62-41(27-61(28)50(65)29(2)52)51(66)59(3)40-25-57-47-37(48(40)62)24-38(53)44(46(47)56)45-39(55)10-9-11-42(45)67-19-8-6-4-5-7-16-60-17-14-30(15-18-60)36-23-33(54)21-31-20-32(22-35(31)36)34-12-13-43(63)58-49(34)64/h9-11,21,23-25,28,30,32,34,41H,2,4-8,12-20,22,26-27H2,1,3H3,(H,58,63,64)/t28-,32?,34?,41-/m1/s1. The maximum Gasteiger partial charge on any atom is 0.265 e. The number of pyridine rings is 1. The summed E-state index contributed by atoms with van der Waals surface area (Å²) in [5.74, 6) is -2.53. The van der Waals surface area contributed by atoms with Gasteiger partial charge in [-0.15, -0.1) is 0 Å². The quantitative estimate of drug-likeness (QED) is 0.0803. The molecule has 1 aliphatic carbocycles. The van der Waals surface area contributed by atoms with Crippen molar-refractivity contribution in [3.63, 3.8) is 0 Å². The number of imide groups is 1. The average Bonchev–Trinajstić information content (AvgIpc) is 3.72. The molecule has 4 amide bonds. The number of nitrogens with zero attached hydrogens (tertiary/aromatic N) is 5. The minimum absolute atomic E-state index is 0.0450. The molecule has 5 heterocycles. The number of piperidine rings is 2. The first-order valence-electron chi connectivity index (χ1n) is 23.5. The van der Waals surface area contributed by atoms with Crippen molar-refractivity contribution in [2.45, 2.75) is 95.6 Å². The summed E-state index contributed by atoms with van der Waals surface area (Å²) in [6.45, 7) is 8.87. The van der Waals surface area contributed by atoms with E-state index in [0.29, 0.717) is 42.6 Å². The summed E-state index contributed by atoms with van der Waals surface area (Å²) in [7, 11) is 1.60. The fourth-order valence-corrected chi connectivity index (χ4v) is 11.7. The molecule has 1 N–H and O–H groups in total. The van der Waals surface area contributed by atoms with E-state index in [2.05, 4.69) is 21.8 Å². The van der Waals surface area contributed by atoms with E-state index in [1.54, 1.807) is 31.3 Å². The van der Waals surface area contributed by atoms with Crippen molar-refractivity contribution in [1.82, 2.24) is 20.1 Å². The van der Waals surface area contributed by atoms with E-state index in [1.165, 1.54) is 33.7 Å². The van der Waals surface area contributed by atoms with Crippen LogP contribution in [0.2, 0.25) is 5.02 Å². The van der Waals surface area contributed by atoms with Crippen LogP contribution in [0.3, 0.4) is 0 Å². The van der Waals surface area contributed by atoms with E-state index in [9.17, 15) is 23.6 Å². The van der Waals surface area contributed by atoms with E-state index in [-0.39, 0.29) is 92.9 Å². The summed E-state index contributed by atoms with van der Waals surface area (Å²) in [5, 5.41) is 2.64. The molecule has 0 saturated carbocycles. The summed E-state index contributed by atoms with van der Waals surface area (Å²) in [4.78, 5) is 62.5. The van der Waals surface area contributed by atoms with Crippen molar-refractivity contribution < 1.29 is 37.1 Å². The molecule has 16 heteroatoms. The molecule has 2 unspecified atom stereocenters. The Morgan fingerprint density at radius 2 is 1.73 bits per heavy atom. The third-order valence-corrected chi connectivity index (χ3v) is 15.2. The largest absolute Gasteiger partial charge is 0.493 e. The molecule has 4 atom stereocenters. The van der Waals surface area contributed by atoms with Crippen molar-refractivity contribution in [1.29, 1.82) is 0 Å². The van der Waals surface area contributed by atoms with Gasteiger partial charge >= 0.3 is 0 Å². The third kappa shape index (κ3) is 9.13. The number of unbranched alkanes of at least 4 members (excludes halogenated alkanes) is 4. The fourth-order valence-electron chi connectivity index (χ4n) is 11.3. The van der Waals surface area contributed by atoms with Crippen LogP contribution in [0.1, 0.15) is 87.3 Å². The maximum atomic E-state index is 16.8. The van der Waals surface area contributed by atoms with Gasteiger partial charge in [-0.25, -0.2) is 13.2 Å². The van der Waals surface area contributed by atoms with Crippen LogP contribution in [0.5, 0.6) is 5.75 Å². The van der Waals surface area contributed by atoms with Gasteiger partial charge in [-0.1, -0.05) is 55.1 Å². The van der Waals surface area contributed by atoms with Crippen LogP contribution in [0.25, 0.3) is 22.0 Å². The Bertz CT molecular complexity index is 2660. The number of benzene rings is 3. The van der Waals surface area contributed by atoms with E-state index in [1.807, 2.05) is 11.8 Å². The fraction of sp³-hybridized carbons (Fsp3) is 0.471. The highest BCUT2D eigenvalue weighted by Crippen LogP contribution is 2.48. The van der Waals surface area contributed by atoms with Crippen LogP contribution in [-0.2, 0) is 32.0 Å². The molecule has 11 nitrogen and oxygen atoms in total. The summed E-state index contributed by atoms with van der Waals surface area (Å²) in [5.41, 5.74) is 4.00. The molecule has 354 valence electrons. The molecule has 4 aliphatic heterocycles. The third-order valence-electron chi connectivity index (χ3n) is 14.8. The van der Waals surface area contributed by atoms with Gasteiger partial charge in [0.1, 0.15) is 28.9 Å². The number of anilines is 2. The zero-order chi connectivity index (χ0) is 47.3. The maximum absolute atomic E-state index is 16.8. The van der Waals surface area contributed by atoms with Gasteiger partial charge in [0, 0.05) is 42.9 Å². The van der Waals surface area contributed by atoms with Gasteiger partial charge < -0.3 is 24.3 Å². The Balaban J connectivity index is 0.778. The van der Waals surface area contributed by atoms with Crippen LogP contribution >= 0.6 is 23.2 Å². The van der Waals surface area contributed by atoms with Crippen molar-refractivity contribution in [2.75, 3.05) is 56.2 Å². The average molecular weight is 960 g/mol. The molecule has 1 aromatic heterocycles. The Kier molecular flexibility index (Phi) is 13.6. The van der Waals surface area contributed by atoms with Gasteiger partial charge in [-0.3, -0.25) is 29.5 Å². The lowest BCUT2D eigenvalue weighted by molar-refractivity contribution is -0.138. The number of amides is 4. The zero-order valence-corrected chi connectivity index (χ0v) is 39.3. The SMILES string of the molecule is C=C(Cl)C(=O)N1C[C@@H]2C(=O)N(C)c3cnc4c(F)c(-c5c(F)cccc5OCCCCCCCN5CCC(c6cc(F)cc7c6CC(C6CCC(=O)NC6=O)C7)CC5)c(Cl)cc4c3N2C[C@H]1C. The number of likely N-dealkylation sites (tertiary alicyclic amines) is 1. The monoisotopic (exact) mass is 958 g/mol. The van der Waals surface area contributed by atoms with E-state index in [4.69, 9.17) is 27.9 Å². The summed E-state index contributed by atoms with van der Waals surface area (Å²) in [6, 6.07) is 8.12. The lowest BCUT2D eigenvalue weighted by Gasteiger charge is -2.50. The molecule has 0 bridgehead atoms. The van der Waals surface area contributed by atoms with Crippen molar-refractivity contribution in [3.8, 4) is 16.9 Å². The highest BCUT2D eigenvalue weighted by atomic mass is 35.5. The second-order valence-corrected chi connectivity index (χ2v) is 19.8. The molecular weight excluding hydrogens is 904 g/mol. The number of hydrogen-bond acceptors (Lipinski definition) is 8. The number of nitrogens with one attached hydrogen (secondary N) is 1. The minimum atomic E-state index is -0.821. The van der Waals surface area contributed by atoms with E-state index < -0.39 is 23.6 Å². The van der Waals surface area contributed by atoms with E-state index >= 15 is 8.78 Å². The van der Waals surface area contributed by atoms with Crippen LogP contribution in [0.4, 0.5) is 24.5 Å². The Morgan fingerprint density at radius 3 is 2.49 bits per heavy atom. The molecular formula is C51H55Cl2F3N6O5. The Morgan fingerprint density at radius 1 is 0.970 bits per heavy atom. The van der Waals surface area contributed by atoms with Crippen LogP contribution < -0.4 is 19.9 Å². The molecule has 67 heavy (non-hydrogen) atoms. The second kappa shape index (κ2) is 19.4. The smallest absolute Gasteiger partial charge is 0.265 e. The van der Waals surface area contributed by atoms with Crippen LogP contribution in [0, 0.1) is 29.3 Å². The van der Waals surface area contributed by atoms with Crippen LogP contribution in [-0.4, -0.2) is 96.9 Å². The number of piperazine rings is 1. The Hall–Kier alpha value is -5.18. The minimum Gasteiger partial charge on any atom is -0.493 e. The number of ether oxygens (including phenoxy) is 1. The number of carbonyl (C=O) groups excluding carboxylic acids is 4. The highest BCUT2D eigenvalue weighted by molar-refractivity contribution is 6.41. The predicted molar refractivity (Wildman–Crippen MR) is 253 cm³/mol. The van der Waals surface area contributed by atoms with Crippen molar-refractivity contribution in [2.24, 2.45) is 11.8 Å². The van der Waals surface area contributed by atoms with Gasteiger partial charge in [-0.05, 0) is 130 Å². The molecule has 3 fully saturated rings.